The van der Waals surface area contributed by atoms with Crippen LogP contribution in [0, 0.1) is 0 Å². The highest BCUT2D eigenvalue weighted by Crippen LogP contribution is 2.09. The van der Waals surface area contributed by atoms with E-state index in [0.717, 1.165) is 0 Å². The lowest BCUT2D eigenvalue weighted by atomic mass is 10.5. The molecule has 2 rings (SSSR count). The summed E-state index contributed by atoms with van der Waals surface area (Å²) in [6.07, 6.45) is 2.92. The molecule has 0 bridgehead atoms. The maximum Gasteiger partial charge on any atom is 0.255 e. The average molecular weight is 259 g/mol. The van der Waals surface area contributed by atoms with Crippen LogP contribution in [-0.2, 0) is 13.6 Å². The largest absolute Gasteiger partial charge is 0.321 e. The summed E-state index contributed by atoms with van der Waals surface area (Å²) in [7, 11) is 1.78. The summed E-state index contributed by atoms with van der Waals surface area (Å²) in [5, 5.41) is 0.698. The smallest absolute Gasteiger partial charge is 0.255 e. The molecular formula is C9H8Cl2N4O. The topological polar surface area (TPSA) is 52.7 Å². The molecule has 0 aliphatic carbocycles. The third kappa shape index (κ3) is 2.10. The van der Waals surface area contributed by atoms with E-state index in [-0.39, 0.29) is 10.7 Å². The highest BCUT2D eigenvalue weighted by molar-refractivity contribution is 6.29. The van der Waals surface area contributed by atoms with Crippen molar-refractivity contribution >= 4 is 23.2 Å². The van der Waals surface area contributed by atoms with Gasteiger partial charge >= 0.3 is 0 Å². The van der Waals surface area contributed by atoms with Gasteiger partial charge in [-0.3, -0.25) is 9.36 Å². The Hall–Kier alpha value is -1.33. The van der Waals surface area contributed by atoms with Crippen LogP contribution < -0.4 is 5.56 Å². The molecule has 7 heteroatoms. The lowest BCUT2D eigenvalue weighted by Gasteiger charge is -2.05. The minimum atomic E-state index is -0.223. The molecule has 84 valence electrons. The third-order valence-corrected chi connectivity index (χ3v) is 2.74. The zero-order valence-corrected chi connectivity index (χ0v) is 9.90. The van der Waals surface area contributed by atoms with Crippen LogP contribution >= 0.6 is 23.2 Å². The number of halogens is 2. The highest BCUT2D eigenvalue weighted by Gasteiger charge is 2.06. The average Bonchev–Trinajstić information content (AvgIpc) is 2.54. The Bertz CT molecular complexity index is 575. The zero-order chi connectivity index (χ0) is 11.7. The molecule has 0 fully saturated rings. The van der Waals surface area contributed by atoms with Crippen molar-refractivity contribution in [2.45, 2.75) is 6.54 Å². The summed E-state index contributed by atoms with van der Waals surface area (Å²) in [4.78, 5) is 19.4. The van der Waals surface area contributed by atoms with Gasteiger partial charge in [-0.1, -0.05) is 23.2 Å². The lowest BCUT2D eigenvalue weighted by molar-refractivity contribution is 0.666. The van der Waals surface area contributed by atoms with Crippen molar-refractivity contribution in [1.82, 2.24) is 19.1 Å². The second-order valence-electron chi connectivity index (χ2n) is 3.23. The monoisotopic (exact) mass is 258 g/mol. The van der Waals surface area contributed by atoms with Crippen LogP contribution in [0.1, 0.15) is 5.82 Å². The van der Waals surface area contributed by atoms with E-state index >= 15 is 0 Å². The first-order valence-corrected chi connectivity index (χ1v) is 5.21. The number of aromatic nitrogens is 4. The number of rotatable bonds is 2. The third-order valence-electron chi connectivity index (χ3n) is 2.19. The Kier molecular flexibility index (Phi) is 2.98. The normalized spacial score (nSPS) is 10.7. The van der Waals surface area contributed by atoms with E-state index in [4.69, 9.17) is 23.2 Å². The molecule has 0 spiro atoms. The maximum atomic E-state index is 11.5. The zero-order valence-electron chi connectivity index (χ0n) is 8.39. The van der Waals surface area contributed by atoms with Crippen molar-refractivity contribution in [3.05, 3.63) is 45.1 Å². The van der Waals surface area contributed by atoms with Gasteiger partial charge in [-0.2, -0.15) is 0 Å². The summed E-state index contributed by atoms with van der Waals surface area (Å²) in [6, 6.07) is 1.26. The van der Waals surface area contributed by atoms with E-state index in [1.165, 1.54) is 23.2 Å². The molecule has 0 unspecified atom stereocenters. The molecule has 5 nitrogen and oxygen atoms in total. The minimum absolute atomic E-state index is 0.180. The Morgan fingerprint density at radius 3 is 2.69 bits per heavy atom. The van der Waals surface area contributed by atoms with Gasteiger partial charge in [0.05, 0.1) is 19.1 Å². The number of nitrogens with zero attached hydrogens (tertiary/aromatic N) is 4. The van der Waals surface area contributed by atoms with Crippen LogP contribution in [0.4, 0.5) is 0 Å². The first kappa shape index (κ1) is 11.2. The van der Waals surface area contributed by atoms with Crippen molar-refractivity contribution in [1.29, 1.82) is 0 Å². The first-order valence-electron chi connectivity index (χ1n) is 4.46. The van der Waals surface area contributed by atoms with Crippen LogP contribution in [0.3, 0.4) is 0 Å². The lowest BCUT2D eigenvalue weighted by Crippen LogP contribution is -2.21. The summed E-state index contributed by atoms with van der Waals surface area (Å²) in [5.41, 5.74) is -0.223. The SMILES string of the molecule is Cn1c(Cl)cnc1Cn1cnc(Cl)cc1=O. The quantitative estimate of drug-likeness (QED) is 0.764. The van der Waals surface area contributed by atoms with Gasteiger partial charge in [-0.25, -0.2) is 9.97 Å². The summed E-state index contributed by atoms with van der Waals surface area (Å²) >= 11 is 11.4. The Morgan fingerprint density at radius 2 is 2.12 bits per heavy atom. The Morgan fingerprint density at radius 1 is 1.38 bits per heavy atom. The van der Waals surface area contributed by atoms with E-state index in [9.17, 15) is 4.79 Å². The fourth-order valence-corrected chi connectivity index (χ4v) is 1.53. The van der Waals surface area contributed by atoms with Gasteiger partial charge in [-0.15, -0.1) is 0 Å². The molecule has 16 heavy (non-hydrogen) atoms. The molecule has 0 radical (unpaired) electrons. The molecule has 0 aliphatic heterocycles. The molecule has 0 atom stereocenters. The molecule has 0 saturated carbocycles. The Labute approximate surface area is 101 Å². The van der Waals surface area contributed by atoms with Gasteiger partial charge in [-0.05, 0) is 0 Å². The summed E-state index contributed by atoms with van der Waals surface area (Å²) < 4.78 is 3.10. The van der Waals surface area contributed by atoms with Crippen molar-refractivity contribution in [3.63, 3.8) is 0 Å². The number of hydrogen-bond acceptors (Lipinski definition) is 3. The standard InChI is InChI=1S/C9H8Cl2N4O/c1-14-7(11)3-12-8(14)4-15-5-13-6(10)2-9(15)16/h2-3,5H,4H2,1H3. The molecule has 0 aliphatic rings. The molecule has 0 N–H and O–H groups in total. The Balaban J connectivity index is 2.34. The van der Waals surface area contributed by atoms with Crippen LogP contribution in [0.2, 0.25) is 10.3 Å². The second-order valence-corrected chi connectivity index (χ2v) is 4.01. The van der Waals surface area contributed by atoms with Crippen molar-refractivity contribution in [2.24, 2.45) is 7.05 Å². The maximum absolute atomic E-state index is 11.5. The van der Waals surface area contributed by atoms with Crippen molar-refractivity contribution in [2.75, 3.05) is 0 Å². The van der Waals surface area contributed by atoms with E-state index in [1.807, 2.05) is 0 Å². The molecule has 2 aromatic heterocycles. The molecular weight excluding hydrogens is 251 g/mol. The molecule has 0 saturated heterocycles. The van der Waals surface area contributed by atoms with Gasteiger partial charge in [0.15, 0.2) is 0 Å². The van der Waals surface area contributed by atoms with Gasteiger partial charge in [0, 0.05) is 13.1 Å². The van der Waals surface area contributed by atoms with E-state index in [1.54, 1.807) is 11.6 Å². The molecule has 0 aromatic carbocycles. The fraction of sp³-hybridized carbons (Fsp3) is 0.222. The summed E-state index contributed by atoms with van der Waals surface area (Å²) in [6.45, 7) is 0.312. The van der Waals surface area contributed by atoms with E-state index in [0.29, 0.717) is 17.5 Å². The number of imidazole rings is 1. The predicted molar refractivity (Wildman–Crippen MR) is 60.8 cm³/mol. The van der Waals surface area contributed by atoms with Crippen LogP contribution in [0.15, 0.2) is 23.4 Å². The number of hydrogen-bond donors (Lipinski definition) is 0. The van der Waals surface area contributed by atoms with Gasteiger partial charge < -0.3 is 4.57 Å². The van der Waals surface area contributed by atoms with E-state index in [2.05, 4.69) is 9.97 Å². The van der Waals surface area contributed by atoms with Crippen LogP contribution in [0.5, 0.6) is 0 Å². The summed E-state index contributed by atoms with van der Waals surface area (Å²) in [5.74, 6) is 0.677. The van der Waals surface area contributed by atoms with E-state index < -0.39 is 0 Å². The fourth-order valence-electron chi connectivity index (χ4n) is 1.25. The van der Waals surface area contributed by atoms with Gasteiger partial charge in [0.25, 0.3) is 5.56 Å². The molecule has 2 heterocycles. The van der Waals surface area contributed by atoms with Crippen LogP contribution in [-0.4, -0.2) is 19.1 Å². The molecule has 0 amide bonds. The second kappa shape index (κ2) is 4.27. The van der Waals surface area contributed by atoms with Gasteiger partial charge in [0.2, 0.25) is 0 Å². The molecule has 2 aromatic rings. The van der Waals surface area contributed by atoms with Crippen LogP contribution in [0.25, 0.3) is 0 Å². The van der Waals surface area contributed by atoms with Crippen molar-refractivity contribution < 1.29 is 0 Å². The van der Waals surface area contributed by atoms with Crippen molar-refractivity contribution in [3.8, 4) is 0 Å². The predicted octanol–water partition coefficient (Wildman–Crippen LogP) is 1.33. The van der Waals surface area contributed by atoms with Gasteiger partial charge in [0.1, 0.15) is 16.1 Å². The first-order chi connectivity index (χ1) is 7.58. The highest BCUT2D eigenvalue weighted by atomic mass is 35.5. The minimum Gasteiger partial charge on any atom is -0.321 e.